The lowest BCUT2D eigenvalue weighted by atomic mass is 9.78. The summed E-state index contributed by atoms with van der Waals surface area (Å²) in [6, 6.07) is -0.516. The third-order valence-corrected chi connectivity index (χ3v) is 13.0. The molecule has 2 saturated heterocycles. The second kappa shape index (κ2) is 20.9. The van der Waals surface area contributed by atoms with Gasteiger partial charge in [0, 0.05) is 56.3 Å². The maximum Gasteiger partial charge on any atom is 0.296 e. The van der Waals surface area contributed by atoms with Crippen LogP contribution < -0.4 is 0 Å². The number of hydrogen-bond donors (Lipinski definition) is 4. The van der Waals surface area contributed by atoms with E-state index in [-0.39, 0.29) is 56.1 Å². The molecule has 1 aliphatic carbocycles. The fraction of sp³-hybridized carbons (Fsp3) is 0.773. The van der Waals surface area contributed by atoms with Gasteiger partial charge in [-0.1, -0.05) is 44.6 Å². The maximum atomic E-state index is 14.2. The third-order valence-electron chi connectivity index (χ3n) is 13.0. The summed E-state index contributed by atoms with van der Waals surface area (Å²) in [6.45, 7) is 13.4. The number of hydrogen-bond acceptors (Lipinski definition) is 11. The lowest BCUT2D eigenvalue weighted by Gasteiger charge is -2.46. The van der Waals surface area contributed by atoms with Gasteiger partial charge in [-0.15, -0.1) is 6.58 Å². The number of fused-ring (bicyclic) bond motifs is 3. The fourth-order valence-corrected chi connectivity index (χ4v) is 9.63. The first-order chi connectivity index (χ1) is 26.6. The van der Waals surface area contributed by atoms with Gasteiger partial charge in [-0.2, -0.15) is 0 Å². The second-order valence-corrected chi connectivity index (χ2v) is 17.5. The Labute approximate surface area is 333 Å². The van der Waals surface area contributed by atoms with Gasteiger partial charge in [0.05, 0.1) is 43.2 Å². The van der Waals surface area contributed by atoms with Gasteiger partial charge in [0.25, 0.3) is 11.7 Å². The van der Waals surface area contributed by atoms with Gasteiger partial charge in [-0.25, -0.2) is 0 Å². The largest absolute Gasteiger partial charge is 0.396 e. The quantitative estimate of drug-likeness (QED) is 0.162. The minimum absolute atomic E-state index is 0.0158. The molecular formula is C44H69NO11. The summed E-state index contributed by atoms with van der Waals surface area (Å²) < 4.78 is 18.7. The number of aliphatic hydroxyl groups is 4. The first kappa shape index (κ1) is 46.1. The Kier molecular flexibility index (Phi) is 17.2. The first-order valence-electron chi connectivity index (χ1n) is 20.9. The predicted molar refractivity (Wildman–Crippen MR) is 211 cm³/mol. The first-order valence-corrected chi connectivity index (χ1v) is 20.9. The number of rotatable bonds is 7. The minimum atomic E-state index is -2.47. The molecule has 4 rings (SSSR count). The molecule has 3 fully saturated rings. The Morgan fingerprint density at radius 2 is 1.79 bits per heavy atom. The van der Waals surface area contributed by atoms with Gasteiger partial charge in [-0.05, 0) is 95.5 Å². The summed E-state index contributed by atoms with van der Waals surface area (Å²) in [5, 5.41) is 43.9. The normalized spacial score (nSPS) is 41.5. The zero-order chi connectivity index (χ0) is 41.3. The molecule has 1 saturated carbocycles. The maximum absolute atomic E-state index is 14.2. The summed E-state index contributed by atoms with van der Waals surface area (Å²) in [4.78, 5) is 56.1. The molecule has 4 N–H and O–H groups in total. The van der Waals surface area contributed by atoms with Crippen LogP contribution in [0.3, 0.4) is 0 Å². The number of nitrogens with zero attached hydrogens (tertiary/aromatic N) is 1. The highest BCUT2D eigenvalue weighted by Crippen LogP contribution is 2.40. The van der Waals surface area contributed by atoms with Crippen LogP contribution in [0.25, 0.3) is 0 Å². The monoisotopic (exact) mass is 787 g/mol. The van der Waals surface area contributed by atoms with Crippen molar-refractivity contribution in [3.05, 3.63) is 36.0 Å². The van der Waals surface area contributed by atoms with Crippen molar-refractivity contribution in [1.82, 2.24) is 4.90 Å². The van der Waals surface area contributed by atoms with E-state index in [9.17, 15) is 39.6 Å². The van der Waals surface area contributed by atoms with E-state index in [1.165, 1.54) is 12.0 Å². The molecule has 4 aliphatic rings. The van der Waals surface area contributed by atoms with Crippen molar-refractivity contribution in [2.45, 2.75) is 148 Å². The van der Waals surface area contributed by atoms with Crippen molar-refractivity contribution in [1.29, 1.82) is 0 Å². The fourth-order valence-electron chi connectivity index (χ4n) is 9.63. The van der Waals surface area contributed by atoms with Crippen LogP contribution in [0.5, 0.6) is 0 Å². The Morgan fingerprint density at radius 1 is 1.05 bits per heavy atom. The molecule has 12 nitrogen and oxygen atoms in total. The number of ether oxygens (including phenoxy) is 3. The Morgan fingerprint density at radius 3 is 2.45 bits per heavy atom. The SMILES string of the molecule is C=CC[C@@H]1/C=C(\C)C[C@H](C)C[C@H](OC)[C@@H]2O[C@@](O)(C(=O)C(=O)N3CCCC[C@H]3CO[C@H](/C(C)=C/[C@@H]3CC[C@@H](O)[C@H](CO)C3)[C@H](C)[C@@H](O)CC1=O)[C@H](C)C[C@@H]2C=O. The highest BCUT2D eigenvalue weighted by molar-refractivity contribution is 6.38. The Hall–Kier alpha value is -2.58. The number of piperidine rings is 1. The van der Waals surface area contributed by atoms with E-state index in [1.54, 1.807) is 13.0 Å². The number of carbonyl (C=O) groups is 4. The molecule has 0 radical (unpaired) electrons. The van der Waals surface area contributed by atoms with Crippen molar-refractivity contribution >= 4 is 23.8 Å². The van der Waals surface area contributed by atoms with Gasteiger partial charge < -0.3 is 44.3 Å². The topological polar surface area (TPSA) is 180 Å². The molecule has 3 aliphatic heterocycles. The number of Topliss-reactive ketones (excluding diaryl/α,β-unsaturated/α-hetero) is 2. The van der Waals surface area contributed by atoms with Crippen LogP contribution >= 0.6 is 0 Å². The van der Waals surface area contributed by atoms with E-state index in [4.69, 9.17) is 14.2 Å². The lowest BCUT2D eigenvalue weighted by Crippen LogP contribution is -2.63. The van der Waals surface area contributed by atoms with Gasteiger partial charge >= 0.3 is 0 Å². The molecule has 3 heterocycles. The molecule has 0 aromatic carbocycles. The van der Waals surface area contributed by atoms with Crippen molar-refractivity contribution in [2.24, 2.45) is 41.4 Å². The number of carbonyl (C=O) groups excluding carboxylic acids is 4. The molecule has 316 valence electrons. The molecular weight excluding hydrogens is 718 g/mol. The van der Waals surface area contributed by atoms with Gasteiger partial charge in [0.15, 0.2) is 0 Å². The number of aldehydes is 1. The van der Waals surface area contributed by atoms with E-state index in [0.29, 0.717) is 44.9 Å². The van der Waals surface area contributed by atoms with Crippen LogP contribution in [-0.4, -0.2) is 118 Å². The molecule has 14 atom stereocenters. The van der Waals surface area contributed by atoms with Crippen LogP contribution in [-0.2, 0) is 33.4 Å². The van der Waals surface area contributed by atoms with Gasteiger partial charge in [-0.3, -0.25) is 14.4 Å². The zero-order valence-electron chi connectivity index (χ0n) is 34.5. The number of amides is 1. The summed E-state index contributed by atoms with van der Waals surface area (Å²) in [7, 11) is 1.50. The van der Waals surface area contributed by atoms with Crippen molar-refractivity contribution < 1.29 is 53.8 Å². The predicted octanol–water partition coefficient (Wildman–Crippen LogP) is 4.51. The smallest absolute Gasteiger partial charge is 0.296 e. The molecule has 1 amide bonds. The summed E-state index contributed by atoms with van der Waals surface area (Å²) in [5.41, 5.74) is 1.79. The molecule has 0 spiro atoms. The van der Waals surface area contributed by atoms with E-state index in [1.807, 2.05) is 33.8 Å². The molecule has 2 bridgehead atoms. The van der Waals surface area contributed by atoms with Crippen LogP contribution in [0, 0.1) is 41.4 Å². The Bertz CT molecular complexity index is 1430. The summed E-state index contributed by atoms with van der Waals surface area (Å²) in [6.07, 6.45) is 7.84. The van der Waals surface area contributed by atoms with E-state index < -0.39 is 77.7 Å². The lowest BCUT2D eigenvalue weighted by molar-refractivity contribution is -0.287. The number of aliphatic hydroxyl groups excluding tert-OH is 3. The number of allylic oxidation sites excluding steroid dienone is 4. The average molecular weight is 788 g/mol. The van der Waals surface area contributed by atoms with Crippen LogP contribution in [0.15, 0.2) is 36.0 Å². The molecule has 12 heteroatoms. The average Bonchev–Trinajstić information content (AvgIpc) is 3.17. The Balaban J connectivity index is 1.74. The van der Waals surface area contributed by atoms with E-state index in [0.717, 1.165) is 30.3 Å². The van der Waals surface area contributed by atoms with E-state index in [2.05, 4.69) is 12.7 Å². The van der Waals surface area contributed by atoms with Crippen LogP contribution in [0.2, 0.25) is 0 Å². The second-order valence-electron chi connectivity index (χ2n) is 17.5. The van der Waals surface area contributed by atoms with Crippen molar-refractivity contribution in [2.75, 3.05) is 26.9 Å². The molecule has 56 heavy (non-hydrogen) atoms. The van der Waals surface area contributed by atoms with Gasteiger partial charge in [0.1, 0.15) is 12.1 Å². The third kappa shape index (κ3) is 11.1. The van der Waals surface area contributed by atoms with E-state index >= 15 is 0 Å². The van der Waals surface area contributed by atoms with Crippen LogP contribution in [0.1, 0.15) is 105 Å². The van der Waals surface area contributed by atoms with Crippen LogP contribution in [0.4, 0.5) is 0 Å². The zero-order valence-corrected chi connectivity index (χ0v) is 34.5. The van der Waals surface area contributed by atoms with Crippen molar-refractivity contribution in [3.63, 3.8) is 0 Å². The molecule has 0 unspecified atom stereocenters. The van der Waals surface area contributed by atoms with Gasteiger partial charge in [0.2, 0.25) is 5.79 Å². The summed E-state index contributed by atoms with van der Waals surface area (Å²) in [5.74, 6) is -7.32. The number of methoxy groups -OCH3 is 1. The van der Waals surface area contributed by atoms with Crippen molar-refractivity contribution in [3.8, 4) is 0 Å². The highest BCUT2D eigenvalue weighted by Gasteiger charge is 2.56. The summed E-state index contributed by atoms with van der Waals surface area (Å²) >= 11 is 0. The molecule has 0 aromatic rings. The minimum Gasteiger partial charge on any atom is -0.396 e. The highest BCUT2D eigenvalue weighted by atomic mass is 16.7. The standard InChI is InChI=1S/C44H69NO11/c1-8-11-32-17-26(2)16-27(3)18-39(54-7)41-34(24-47)20-29(5)44(53,56-41)42(51)43(52)45-15-10-9-12-35(45)25-55-40(30(6)37(49)22-38(32)50)28(4)19-31-13-14-36(48)33(21-31)23-46/h8,17,19,24,27,29-37,39-41,46,48-49,53H,1,9-16,18,20-23,25H2,2-7H3/b26-17+,28-19+/t27-,29+,30+,31-,32+,33-,34+,35-,36+,37-,39-,40+,41+,44+/m0/s1. The number of ketones is 2. The molecule has 0 aromatic heterocycles.